The largest absolute Gasteiger partial charge is 0.346 e. The van der Waals surface area contributed by atoms with Gasteiger partial charge >= 0.3 is 0 Å². The fourth-order valence-electron chi connectivity index (χ4n) is 3.88. The van der Waals surface area contributed by atoms with Crippen LogP contribution < -0.4 is 5.32 Å². The first kappa shape index (κ1) is 24.9. The second-order valence-electron chi connectivity index (χ2n) is 8.30. The molecule has 0 aliphatic carbocycles. The maximum absolute atomic E-state index is 12.8. The number of imidazole rings is 1. The number of H-pyrrole nitrogens is 1. The van der Waals surface area contributed by atoms with Gasteiger partial charge in [-0.05, 0) is 42.2 Å². The van der Waals surface area contributed by atoms with E-state index >= 15 is 0 Å². The van der Waals surface area contributed by atoms with Crippen LogP contribution in [0.2, 0.25) is 0 Å². The number of aromatic amines is 1. The molecule has 0 aliphatic rings. The number of hydrogen-bond acceptors (Lipinski definition) is 4. The zero-order valence-electron chi connectivity index (χ0n) is 19.8. The first-order chi connectivity index (χ1) is 15.8. The van der Waals surface area contributed by atoms with Gasteiger partial charge in [-0.15, -0.1) is 0 Å². The molecule has 0 radical (unpaired) electrons. The Labute approximate surface area is 196 Å². The molecule has 2 N–H and O–H groups in total. The second kappa shape index (κ2) is 10.9. The minimum atomic E-state index is -3.48. The first-order valence-corrected chi connectivity index (χ1v) is 13.1. The van der Waals surface area contributed by atoms with Crippen LogP contribution in [0.3, 0.4) is 0 Å². The van der Waals surface area contributed by atoms with E-state index in [2.05, 4.69) is 29.1 Å². The van der Waals surface area contributed by atoms with Crippen molar-refractivity contribution < 1.29 is 13.2 Å². The van der Waals surface area contributed by atoms with Crippen molar-refractivity contribution in [1.82, 2.24) is 19.6 Å². The van der Waals surface area contributed by atoms with Gasteiger partial charge in [-0.2, -0.15) is 4.31 Å². The molecule has 1 amide bonds. The number of fused-ring (bicyclic) bond motifs is 1. The summed E-state index contributed by atoms with van der Waals surface area (Å²) in [5, 5.41) is 3.15. The molecule has 1 heterocycles. The minimum absolute atomic E-state index is 0.0550. The van der Waals surface area contributed by atoms with Crippen LogP contribution in [-0.4, -0.2) is 41.7 Å². The number of para-hydroxylation sites is 2. The molecule has 8 heteroatoms. The van der Waals surface area contributed by atoms with Crippen molar-refractivity contribution in [2.75, 3.05) is 13.1 Å². The Kier molecular flexibility index (Phi) is 8.26. The predicted molar refractivity (Wildman–Crippen MR) is 131 cm³/mol. The van der Waals surface area contributed by atoms with E-state index in [0.717, 1.165) is 28.8 Å². The van der Waals surface area contributed by atoms with Gasteiger partial charge in [0.1, 0.15) is 5.82 Å². The molecule has 33 heavy (non-hydrogen) atoms. The Morgan fingerprint density at radius 2 is 1.73 bits per heavy atom. The highest BCUT2D eigenvalue weighted by Crippen LogP contribution is 2.25. The third kappa shape index (κ3) is 5.81. The zero-order chi connectivity index (χ0) is 24.0. The van der Waals surface area contributed by atoms with E-state index in [-0.39, 0.29) is 22.8 Å². The fraction of sp³-hybridized carbons (Fsp3) is 0.440. The summed E-state index contributed by atoms with van der Waals surface area (Å²) in [4.78, 5) is 21.1. The van der Waals surface area contributed by atoms with Gasteiger partial charge in [-0.25, -0.2) is 13.4 Å². The second-order valence-corrected chi connectivity index (χ2v) is 10.2. The van der Waals surface area contributed by atoms with Gasteiger partial charge in [0.25, 0.3) is 0 Å². The Morgan fingerprint density at radius 1 is 1.06 bits per heavy atom. The molecule has 2 atom stereocenters. The molecule has 3 rings (SSSR count). The molecule has 7 nitrogen and oxygen atoms in total. The van der Waals surface area contributed by atoms with Gasteiger partial charge in [0.15, 0.2) is 0 Å². The standard InChI is InChI=1S/C25H34N4O3S/c1-5-18(4)24(25-26-21-10-8-9-11-22(21)27-25)28-23(30)17-14-19-12-15-20(16-13-19)33(31,32)29(6-2)7-3/h8-13,15-16,18,24H,5-7,14,17H2,1-4H3,(H,26,27)(H,28,30). The molecule has 0 fully saturated rings. The van der Waals surface area contributed by atoms with Crippen LogP contribution in [0, 0.1) is 5.92 Å². The van der Waals surface area contributed by atoms with Gasteiger partial charge < -0.3 is 10.3 Å². The number of carbonyl (C=O) groups excluding carboxylic acids is 1. The third-order valence-electron chi connectivity index (χ3n) is 6.14. The summed E-state index contributed by atoms with van der Waals surface area (Å²) < 4.78 is 26.7. The lowest BCUT2D eigenvalue weighted by Gasteiger charge is -2.22. The highest BCUT2D eigenvalue weighted by atomic mass is 32.2. The van der Waals surface area contributed by atoms with E-state index in [1.807, 2.05) is 38.1 Å². The molecule has 178 valence electrons. The normalized spacial score (nSPS) is 13.8. The number of aryl methyl sites for hydroxylation is 1. The summed E-state index contributed by atoms with van der Waals surface area (Å²) in [5.41, 5.74) is 2.76. The van der Waals surface area contributed by atoms with Gasteiger partial charge in [0, 0.05) is 19.5 Å². The van der Waals surface area contributed by atoms with Crippen LogP contribution in [-0.2, 0) is 21.2 Å². The van der Waals surface area contributed by atoms with Crippen molar-refractivity contribution in [3.8, 4) is 0 Å². The fourth-order valence-corrected chi connectivity index (χ4v) is 5.34. The van der Waals surface area contributed by atoms with Gasteiger partial charge in [-0.3, -0.25) is 4.79 Å². The highest BCUT2D eigenvalue weighted by Gasteiger charge is 2.24. The summed E-state index contributed by atoms with van der Waals surface area (Å²) in [6.07, 6.45) is 1.75. The van der Waals surface area contributed by atoms with E-state index in [9.17, 15) is 13.2 Å². The Balaban J connectivity index is 1.65. The molecule has 1 aromatic heterocycles. The maximum atomic E-state index is 12.8. The van der Waals surface area contributed by atoms with Crippen LogP contribution in [0.25, 0.3) is 11.0 Å². The lowest BCUT2D eigenvalue weighted by atomic mass is 9.98. The van der Waals surface area contributed by atoms with E-state index in [1.54, 1.807) is 24.3 Å². The lowest BCUT2D eigenvalue weighted by Crippen LogP contribution is -2.33. The van der Waals surface area contributed by atoms with Gasteiger partial charge in [0.2, 0.25) is 15.9 Å². The molecule has 0 saturated heterocycles. The van der Waals surface area contributed by atoms with E-state index in [1.165, 1.54) is 4.31 Å². The number of benzene rings is 2. The van der Waals surface area contributed by atoms with Crippen LogP contribution in [0.1, 0.15) is 58.0 Å². The Bertz CT molecular complexity index is 1130. The zero-order valence-corrected chi connectivity index (χ0v) is 20.7. The molecule has 3 aromatic rings. The van der Waals surface area contributed by atoms with Gasteiger partial charge in [-0.1, -0.05) is 58.4 Å². The third-order valence-corrected chi connectivity index (χ3v) is 8.20. The Morgan fingerprint density at radius 3 is 2.33 bits per heavy atom. The number of nitrogens with one attached hydrogen (secondary N) is 2. The van der Waals surface area contributed by atoms with E-state index < -0.39 is 10.0 Å². The van der Waals surface area contributed by atoms with Crippen LogP contribution in [0.5, 0.6) is 0 Å². The van der Waals surface area contributed by atoms with E-state index in [4.69, 9.17) is 0 Å². The van der Waals surface area contributed by atoms with Crippen molar-refractivity contribution in [3.63, 3.8) is 0 Å². The average molecular weight is 471 g/mol. The molecular formula is C25H34N4O3S. The highest BCUT2D eigenvalue weighted by molar-refractivity contribution is 7.89. The first-order valence-electron chi connectivity index (χ1n) is 11.6. The number of carbonyl (C=O) groups is 1. The van der Waals surface area contributed by atoms with Crippen LogP contribution in [0.15, 0.2) is 53.4 Å². The van der Waals surface area contributed by atoms with E-state index in [0.29, 0.717) is 25.9 Å². The topological polar surface area (TPSA) is 95.2 Å². The van der Waals surface area contributed by atoms with Crippen LogP contribution >= 0.6 is 0 Å². The Hall–Kier alpha value is -2.71. The quantitative estimate of drug-likeness (QED) is 0.433. The SMILES string of the molecule is CCC(C)C(NC(=O)CCc1ccc(S(=O)(=O)N(CC)CC)cc1)c1nc2ccccc2[nH]1. The molecule has 0 spiro atoms. The maximum Gasteiger partial charge on any atom is 0.243 e. The summed E-state index contributed by atoms with van der Waals surface area (Å²) in [6, 6.07) is 14.5. The minimum Gasteiger partial charge on any atom is -0.346 e. The van der Waals surface area contributed by atoms with Crippen LogP contribution in [0.4, 0.5) is 0 Å². The molecule has 0 bridgehead atoms. The molecule has 0 saturated carbocycles. The monoisotopic (exact) mass is 470 g/mol. The van der Waals surface area contributed by atoms with Crippen molar-refractivity contribution in [2.45, 2.75) is 57.9 Å². The van der Waals surface area contributed by atoms with Crippen molar-refractivity contribution in [3.05, 3.63) is 59.9 Å². The van der Waals surface area contributed by atoms with Gasteiger partial charge in [0.05, 0.1) is 22.0 Å². The average Bonchev–Trinajstić information content (AvgIpc) is 3.25. The smallest absolute Gasteiger partial charge is 0.243 e. The molecule has 0 aliphatic heterocycles. The number of hydrogen-bond donors (Lipinski definition) is 2. The summed E-state index contributed by atoms with van der Waals surface area (Å²) in [5.74, 6) is 0.935. The number of amides is 1. The lowest BCUT2D eigenvalue weighted by molar-refractivity contribution is -0.122. The summed E-state index contributed by atoms with van der Waals surface area (Å²) in [7, 11) is -3.48. The van der Waals surface area contributed by atoms with Crippen molar-refractivity contribution in [1.29, 1.82) is 0 Å². The molecular weight excluding hydrogens is 436 g/mol. The number of rotatable bonds is 11. The number of nitrogens with zero attached hydrogens (tertiary/aromatic N) is 2. The summed E-state index contributed by atoms with van der Waals surface area (Å²) >= 11 is 0. The number of aromatic nitrogens is 2. The molecule has 2 aromatic carbocycles. The predicted octanol–water partition coefficient (Wildman–Crippen LogP) is 4.43. The van der Waals surface area contributed by atoms with Crippen molar-refractivity contribution >= 4 is 27.0 Å². The molecule has 2 unspecified atom stereocenters. The number of sulfonamides is 1. The summed E-state index contributed by atoms with van der Waals surface area (Å²) in [6.45, 7) is 8.72. The van der Waals surface area contributed by atoms with Crippen molar-refractivity contribution in [2.24, 2.45) is 5.92 Å².